The molecule has 0 aliphatic rings. The van der Waals surface area contributed by atoms with Crippen LogP contribution in [0.2, 0.25) is 0 Å². The van der Waals surface area contributed by atoms with Crippen molar-refractivity contribution in [1.29, 1.82) is 0 Å². The average molecular weight is 316 g/mol. The van der Waals surface area contributed by atoms with E-state index >= 15 is 0 Å². The summed E-state index contributed by atoms with van der Waals surface area (Å²) in [6.07, 6.45) is 0.888. The molecule has 1 rings (SSSR count). The highest BCUT2D eigenvalue weighted by molar-refractivity contribution is 7.99. The first-order valence-electron chi connectivity index (χ1n) is 6.13. The first-order chi connectivity index (χ1) is 9.01. The van der Waals surface area contributed by atoms with Crippen LogP contribution >= 0.6 is 24.2 Å². The Morgan fingerprint density at radius 3 is 2.55 bits per heavy atom. The van der Waals surface area contributed by atoms with Crippen LogP contribution in [0.25, 0.3) is 0 Å². The molecule has 20 heavy (non-hydrogen) atoms. The number of guanidine groups is 2. The second kappa shape index (κ2) is 9.50. The molecule has 1 aromatic carbocycles. The van der Waals surface area contributed by atoms with E-state index in [0.717, 1.165) is 12.2 Å². The molecule has 0 spiro atoms. The smallest absolute Gasteiger partial charge is 0.218 e. The van der Waals surface area contributed by atoms with Crippen molar-refractivity contribution in [2.45, 2.75) is 31.2 Å². The van der Waals surface area contributed by atoms with E-state index in [4.69, 9.17) is 17.2 Å². The molecule has 1 atom stereocenters. The summed E-state index contributed by atoms with van der Waals surface area (Å²) in [6.45, 7) is 4.14. The van der Waals surface area contributed by atoms with Crippen LogP contribution in [0.15, 0.2) is 39.1 Å². The van der Waals surface area contributed by atoms with E-state index in [1.165, 1.54) is 10.5 Å². The Hall–Kier alpha value is -1.40. The number of nitrogens with zero attached hydrogens (tertiary/aromatic N) is 2. The third kappa shape index (κ3) is 7.25. The Kier molecular flexibility index (Phi) is 8.83. The standard InChI is InChI=1S/C13H21N5S.ClH/c1-3-10(17-13(16)18-12(14)15)8-19-11-6-4-5-9(2)7-11;/h4-7,10H,3,8H2,1-2H3,(H6,14,15,16,17,18);1H. The molecule has 0 aliphatic carbocycles. The number of hydrogen-bond donors (Lipinski definition) is 3. The molecule has 0 aliphatic heterocycles. The lowest BCUT2D eigenvalue weighted by Crippen LogP contribution is -2.27. The van der Waals surface area contributed by atoms with Gasteiger partial charge < -0.3 is 17.2 Å². The van der Waals surface area contributed by atoms with Gasteiger partial charge in [0.05, 0.1) is 6.04 Å². The SMILES string of the molecule is CCC(CSc1cccc(C)c1)N=C(N)N=C(N)N.Cl. The van der Waals surface area contributed by atoms with Gasteiger partial charge in [0.25, 0.3) is 0 Å². The molecular formula is C13H22ClN5S. The van der Waals surface area contributed by atoms with Gasteiger partial charge in [-0.2, -0.15) is 4.99 Å². The number of benzene rings is 1. The first kappa shape index (κ1) is 18.6. The number of hydrogen-bond acceptors (Lipinski definition) is 2. The van der Waals surface area contributed by atoms with Gasteiger partial charge in [0.15, 0.2) is 5.96 Å². The minimum atomic E-state index is -0.0672. The lowest BCUT2D eigenvalue weighted by atomic mass is 10.2. The zero-order valence-electron chi connectivity index (χ0n) is 11.7. The summed E-state index contributed by atoms with van der Waals surface area (Å²) < 4.78 is 0. The summed E-state index contributed by atoms with van der Waals surface area (Å²) in [4.78, 5) is 9.25. The largest absolute Gasteiger partial charge is 0.370 e. The van der Waals surface area contributed by atoms with Crippen molar-refractivity contribution < 1.29 is 0 Å². The van der Waals surface area contributed by atoms with Crippen LogP contribution in [0, 0.1) is 6.92 Å². The van der Waals surface area contributed by atoms with E-state index in [2.05, 4.69) is 48.1 Å². The van der Waals surface area contributed by atoms with Crippen LogP contribution in [-0.2, 0) is 0 Å². The Bertz CT molecular complexity index is 472. The predicted molar refractivity (Wildman–Crippen MR) is 90.7 cm³/mol. The average Bonchev–Trinajstić information content (AvgIpc) is 2.33. The third-order valence-corrected chi connectivity index (χ3v) is 3.60. The minimum Gasteiger partial charge on any atom is -0.370 e. The zero-order valence-corrected chi connectivity index (χ0v) is 13.4. The molecule has 112 valence electrons. The van der Waals surface area contributed by atoms with Crippen LogP contribution in [-0.4, -0.2) is 23.7 Å². The van der Waals surface area contributed by atoms with Crippen LogP contribution in [0.3, 0.4) is 0 Å². The van der Waals surface area contributed by atoms with Gasteiger partial charge in [0, 0.05) is 10.6 Å². The van der Waals surface area contributed by atoms with Crippen LogP contribution in [0.4, 0.5) is 0 Å². The van der Waals surface area contributed by atoms with Crippen LogP contribution < -0.4 is 17.2 Å². The Labute approximate surface area is 130 Å². The monoisotopic (exact) mass is 315 g/mol. The molecule has 0 bridgehead atoms. The summed E-state index contributed by atoms with van der Waals surface area (Å²) in [7, 11) is 0. The Morgan fingerprint density at radius 1 is 1.30 bits per heavy atom. The molecular weight excluding hydrogens is 294 g/mol. The van der Waals surface area contributed by atoms with E-state index in [1.807, 2.05) is 0 Å². The van der Waals surface area contributed by atoms with E-state index in [9.17, 15) is 0 Å². The molecule has 0 saturated heterocycles. The van der Waals surface area contributed by atoms with Crippen LogP contribution in [0.5, 0.6) is 0 Å². The fourth-order valence-corrected chi connectivity index (χ4v) is 2.63. The fourth-order valence-electron chi connectivity index (χ4n) is 1.49. The van der Waals surface area contributed by atoms with Crippen molar-refractivity contribution in [3.05, 3.63) is 29.8 Å². The molecule has 1 aromatic rings. The summed E-state index contributed by atoms with van der Waals surface area (Å²) in [5.41, 5.74) is 17.4. The Balaban J connectivity index is 0.00000361. The van der Waals surface area contributed by atoms with Gasteiger partial charge >= 0.3 is 0 Å². The maximum Gasteiger partial charge on any atom is 0.218 e. The molecule has 6 N–H and O–H groups in total. The number of thioether (sulfide) groups is 1. The van der Waals surface area contributed by atoms with Gasteiger partial charge in [0.2, 0.25) is 5.96 Å². The third-order valence-electron chi connectivity index (χ3n) is 2.46. The second-order valence-corrected chi connectivity index (χ2v) is 5.31. The fraction of sp³-hybridized carbons (Fsp3) is 0.385. The Morgan fingerprint density at radius 2 is 2.00 bits per heavy atom. The lowest BCUT2D eigenvalue weighted by Gasteiger charge is -2.10. The quantitative estimate of drug-likeness (QED) is 0.438. The highest BCUT2D eigenvalue weighted by Crippen LogP contribution is 2.21. The van der Waals surface area contributed by atoms with Crippen molar-refractivity contribution in [3.8, 4) is 0 Å². The van der Waals surface area contributed by atoms with Crippen LogP contribution in [0.1, 0.15) is 18.9 Å². The van der Waals surface area contributed by atoms with Gasteiger partial charge in [-0.25, -0.2) is 4.99 Å². The van der Waals surface area contributed by atoms with E-state index in [0.29, 0.717) is 0 Å². The molecule has 0 aromatic heterocycles. The van der Waals surface area contributed by atoms with Crippen molar-refractivity contribution in [2.75, 3.05) is 5.75 Å². The number of rotatable bonds is 5. The van der Waals surface area contributed by atoms with Gasteiger partial charge in [-0.15, -0.1) is 24.2 Å². The molecule has 5 nitrogen and oxygen atoms in total. The van der Waals surface area contributed by atoms with Gasteiger partial charge in [-0.05, 0) is 25.5 Å². The van der Waals surface area contributed by atoms with Crippen molar-refractivity contribution in [2.24, 2.45) is 27.2 Å². The van der Waals surface area contributed by atoms with Gasteiger partial charge in [0.1, 0.15) is 0 Å². The van der Waals surface area contributed by atoms with Crippen molar-refractivity contribution in [1.82, 2.24) is 0 Å². The maximum absolute atomic E-state index is 5.64. The van der Waals surface area contributed by atoms with Gasteiger partial charge in [-0.1, -0.05) is 24.6 Å². The normalized spacial score (nSPS) is 12.4. The molecule has 0 fully saturated rings. The summed E-state index contributed by atoms with van der Waals surface area (Å²) >= 11 is 1.75. The lowest BCUT2D eigenvalue weighted by molar-refractivity contribution is 0.724. The highest BCUT2D eigenvalue weighted by atomic mass is 35.5. The highest BCUT2D eigenvalue weighted by Gasteiger charge is 2.06. The predicted octanol–water partition coefficient (Wildman–Crippen LogP) is 1.88. The molecule has 0 radical (unpaired) electrons. The topological polar surface area (TPSA) is 103 Å². The van der Waals surface area contributed by atoms with E-state index < -0.39 is 0 Å². The molecule has 1 unspecified atom stereocenters. The van der Waals surface area contributed by atoms with E-state index in [1.54, 1.807) is 11.8 Å². The molecule has 7 heteroatoms. The van der Waals surface area contributed by atoms with Crippen molar-refractivity contribution >= 4 is 36.1 Å². The minimum absolute atomic E-state index is 0. The van der Waals surface area contributed by atoms with Crippen molar-refractivity contribution in [3.63, 3.8) is 0 Å². The molecule has 0 saturated carbocycles. The number of nitrogens with two attached hydrogens (primary N) is 3. The number of halogens is 1. The first-order valence-corrected chi connectivity index (χ1v) is 7.12. The second-order valence-electron chi connectivity index (χ2n) is 4.21. The zero-order chi connectivity index (χ0) is 14.3. The molecule has 0 amide bonds. The molecule has 0 heterocycles. The summed E-state index contributed by atoms with van der Waals surface area (Å²) in [5.74, 6) is 0.917. The summed E-state index contributed by atoms with van der Waals surface area (Å²) in [5, 5.41) is 0. The van der Waals surface area contributed by atoms with E-state index in [-0.39, 0.29) is 30.4 Å². The number of aryl methyl sites for hydroxylation is 1. The number of aliphatic imine (C=N–C) groups is 2. The maximum atomic E-state index is 5.64. The van der Waals surface area contributed by atoms with Gasteiger partial charge in [-0.3, -0.25) is 0 Å². The summed E-state index contributed by atoms with van der Waals surface area (Å²) in [6, 6.07) is 8.48.